The van der Waals surface area contributed by atoms with E-state index in [1.54, 1.807) is 24.3 Å². The Kier molecular flexibility index (Phi) is 4.60. The van der Waals surface area contributed by atoms with Crippen LogP contribution in [0, 0.1) is 17.0 Å². The summed E-state index contributed by atoms with van der Waals surface area (Å²) in [6, 6.07) is 9.03. The number of rotatable bonds is 2. The number of nitrogens with zero attached hydrogens (tertiary/aromatic N) is 1. The first-order chi connectivity index (χ1) is 13.0. The minimum atomic E-state index is -1.27. The third-order valence-electron chi connectivity index (χ3n) is 5.73. The Hall–Kier alpha value is -2.47. The monoisotopic (exact) mass is 372 g/mol. The van der Waals surface area contributed by atoms with Crippen molar-refractivity contribution in [3.8, 4) is 16.9 Å². The molecule has 4 nitrogen and oxygen atoms in total. The predicted molar refractivity (Wildman–Crippen MR) is 98.5 cm³/mol. The zero-order valence-corrected chi connectivity index (χ0v) is 15.0. The quantitative estimate of drug-likeness (QED) is 0.848. The molecule has 2 heterocycles. The zero-order valence-electron chi connectivity index (χ0n) is 15.0. The smallest absolute Gasteiger partial charge is 0.253 e. The van der Waals surface area contributed by atoms with Crippen molar-refractivity contribution in [2.45, 2.75) is 19.3 Å². The van der Waals surface area contributed by atoms with E-state index in [1.165, 1.54) is 6.07 Å². The summed E-state index contributed by atoms with van der Waals surface area (Å²) in [5.41, 5.74) is 1.58. The number of likely N-dealkylation sites (tertiary alicyclic amines) is 1. The summed E-state index contributed by atoms with van der Waals surface area (Å²) in [6.45, 7) is 3.42. The third-order valence-corrected chi connectivity index (χ3v) is 5.73. The van der Waals surface area contributed by atoms with E-state index in [0.717, 1.165) is 51.5 Å². The molecule has 1 atom stereocenters. The molecule has 4 rings (SSSR count). The molecule has 6 heteroatoms. The van der Waals surface area contributed by atoms with Crippen LogP contribution in [0.2, 0.25) is 0 Å². The second kappa shape index (κ2) is 6.93. The molecule has 0 saturated carbocycles. The number of nitrogens with one attached hydrogen (secondary N) is 1. The summed E-state index contributed by atoms with van der Waals surface area (Å²) < 4.78 is 27.0. The van der Waals surface area contributed by atoms with E-state index in [1.807, 2.05) is 4.90 Å². The fourth-order valence-corrected chi connectivity index (χ4v) is 4.28. The average molecular weight is 372 g/mol. The second-order valence-electron chi connectivity index (χ2n) is 7.63. The lowest BCUT2D eigenvalue weighted by Crippen LogP contribution is -2.47. The number of aromatic hydroxyl groups is 1. The third kappa shape index (κ3) is 3.41. The number of piperidine rings is 1. The van der Waals surface area contributed by atoms with Crippen molar-refractivity contribution in [3.63, 3.8) is 0 Å². The Labute approximate surface area is 156 Å². The first-order valence-electron chi connectivity index (χ1n) is 9.26. The molecule has 2 saturated heterocycles. The lowest BCUT2D eigenvalue weighted by molar-refractivity contribution is 0.0553. The van der Waals surface area contributed by atoms with Gasteiger partial charge < -0.3 is 15.3 Å². The summed E-state index contributed by atoms with van der Waals surface area (Å²) in [5, 5.41) is 12.9. The Morgan fingerprint density at radius 3 is 2.74 bits per heavy atom. The van der Waals surface area contributed by atoms with Crippen LogP contribution in [0.3, 0.4) is 0 Å². The lowest BCUT2D eigenvalue weighted by atomic mass is 9.79. The van der Waals surface area contributed by atoms with Gasteiger partial charge in [-0.3, -0.25) is 4.79 Å². The van der Waals surface area contributed by atoms with Crippen molar-refractivity contribution in [2.75, 3.05) is 26.2 Å². The first-order valence-corrected chi connectivity index (χ1v) is 9.26. The van der Waals surface area contributed by atoms with E-state index in [9.17, 15) is 18.7 Å². The SMILES string of the molecule is O=C(c1cccc(-c2cc(O)c(F)c(F)c2)c1)N1CCC[C@]2(CCNC2)C1. The number of halogens is 2. The van der Waals surface area contributed by atoms with E-state index in [2.05, 4.69) is 5.32 Å². The van der Waals surface area contributed by atoms with Crippen molar-refractivity contribution >= 4 is 5.91 Å². The molecule has 2 aromatic carbocycles. The number of amides is 1. The fraction of sp³-hybridized carbons (Fsp3) is 0.381. The lowest BCUT2D eigenvalue weighted by Gasteiger charge is -2.40. The summed E-state index contributed by atoms with van der Waals surface area (Å²) >= 11 is 0. The van der Waals surface area contributed by atoms with E-state index < -0.39 is 17.4 Å². The molecule has 2 fully saturated rings. The maximum absolute atomic E-state index is 13.6. The van der Waals surface area contributed by atoms with Gasteiger partial charge in [0.05, 0.1) is 0 Å². The van der Waals surface area contributed by atoms with E-state index in [4.69, 9.17) is 0 Å². The molecule has 27 heavy (non-hydrogen) atoms. The number of hydrogen-bond donors (Lipinski definition) is 2. The van der Waals surface area contributed by atoms with Gasteiger partial charge in [-0.15, -0.1) is 0 Å². The Morgan fingerprint density at radius 1 is 1.15 bits per heavy atom. The molecular formula is C21H22F2N2O2. The van der Waals surface area contributed by atoms with E-state index in [-0.39, 0.29) is 11.3 Å². The van der Waals surface area contributed by atoms with Gasteiger partial charge in [0, 0.05) is 30.6 Å². The number of phenolic OH excluding ortho intramolecular Hbond substituents is 1. The maximum Gasteiger partial charge on any atom is 0.253 e. The molecule has 2 aliphatic rings. The van der Waals surface area contributed by atoms with Crippen LogP contribution in [0.4, 0.5) is 8.78 Å². The molecule has 0 bridgehead atoms. The van der Waals surface area contributed by atoms with Gasteiger partial charge in [-0.25, -0.2) is 4.39 Å². The molecule has 2 aliphatic heterocycles. The Balaban J connectivity index is 1.60. The number of carbonyl (C=O) groups excluding carboxylic acids is 1. The maximum atomic E-state index is 13.6. The van der Waals surface area contributed by atoms with Gasteiger partial charge in [0.2, 0.25) is 0 Å². The number of hydrogen-bond acceptors (Lipinski definition) is 3. The van der Waals surface area contributed by atoms with Gasteiger partial charge >= 0.3 is 0 Å². The highest BCUT2D eigenvalue weighted by Gasteiger charge is 2.39. The van der Waals surface area contributed by atoms with Gasteiger partial charge in [-0.1, -0.05) is 12.1 Å². The van der Waals surface area contributed by atoms with Gasteiger partial charge in [0.1, 0.15) is 0 Å². The minimum Gasteiger partial charge on any atom is -0.505 e. The number of carbonyl (C=O) groups is 1. The molecule has 2 aromatic rings. The molecule has 0 radical (unpaired) electrons. The van der Waals surface area contributed by atoms with Crippen molar-refractivity contribution in [2.24, 2.45) is 5.41 Å². The second-order valence-corrected chi connectivity index (χ2v) is 7.63. The van der Waals surface area contributed by atoms with Crippen LogP contribution in [0.1, 0.15) is 29.6 Å². The number of phenols is 1. The van der Waals surface area contributed by atoms with Crippen molar-refractivity contribution in [1.82, 2.24) is 10.2 Å². The van der Waals surface area contributed by atoms with Crippen LogP contribution in [0.25, 0.3) is 11.1 Å². The highest BCUT2D eigenvalue weighted by molar-refractivity contribution is 5.95. The highest BCUT2D eigenvalue weighted by atomic mass is 19.2. The topological polar surface area (TPSA) is 52.6 Å². The summed E-state index contributed by atoms with van der Waals surface area (Å²) in [6.07, 6.45) is 3.22. The fourth-order valence-electron chi connectivity index (χ4n) is 4.28. The van der Waals surface area contributed by atoms with Crippen LogP contribution in [-0.2, 0) is 0 Å². The molecule has 142 valence electrons. The molecule has 0 aromatic heterocycles. The molecule has 0 unspecified atom stereocenters. The predicted octanol–water partition coefficient (Wildman–Crippen LogP) is 3.55. The molecule has 2 N–H and O–H groups in total. The summed E-state index contributed by atoms with van der Waals surface area (Å²) in [4.78, 5) is 14.9. The highest BCUT2D eigenvalue weighted by Crippen LogP contribution is 2.36. The molecular weight excluding hydrogens is 350 g/mol. The zero-order chi connectivity index (χ0) is 19.0. The molecule has 1 spiro atoms. The Bertz CT molecular complexity index is 855. The van der Waals surface area contributed by atoms with Crippen molar-refractivity contribution in [3.05, 3.63) is 53.6 Å². The number of benzene rings is 2. The Morgan fingerprint density at radius 2 is 2.00 bits per heavy atom. The normalized spacial score (nSPS) is 22.4. The standard InChI is InChI=1S/C21H22F2N2O2/c22-17-10-16(11-18(26)19(17)23)14-3-1-4-15(9-14)20(27)25-8-2-5-21(13-25)6-7-24-12-21/h1,3-4,9-11,24,26H,2,5-8,12-13H2/t21-/m1/s1. The van der Waals surface area contributed by atoms with Crippen LogP contribution in [-0.4, -0.2) is 42.1 Å². The average Bonchev–Trinajstić information content (AvgIpc) is 3.12. The van der Waals surface area contributed by atoms with E-state index in [0.29, 0.717) is 16.7 Å². The summed E-state index contributed by atoms with van der Waals surface area (Å²) in [5.74, 6) is -3.17. The first kappa shape index (κ1) is 17.9. The minimum absolute atomic E-state index is 0.0466. The van der Waals surface area contributed by atoms with Gasteiger partial charge in [0.25, 0.3) is 5.91 Å². The van der Waals surface area contributed by atoms with Crippen molar-refractivity contribution < 1.29 is 18.7 Å². The molecule has 0 aliphatic carbocycles. The molecule has 1 amide bonds. The van der Waals surface area contributed by atoms with Crippen LogP contribution in [0.5, 0.6) is 5.75 Å². The van der Waals surface area contributed by atoms with Crippen LogP contribution < -0.4 is 5.32 Å². The van der Waals surface area contributed by atoms with Crippen LogP contribution in [0.15, 0.2) is 36.4 Å². The van der Waals surface area contributed by atoms with Gasteiger partial charge in [-0.05, 0) is 61.2 Å². The van der Waals surface area contributed by atoms with Crippen LogP contribution >= 0.6 is 0 Å². The van der Waals surface area contributed by atoms with Crippen molar-refractivity contribution in [1.29, 1.82) is 0 Å². The van der Waals surface area contributed by atoms with E-state index >= 15 is 0 Å². The van der Waals surface area contributed by atoms with Gasteiger partial charge in [-0.2, -0.15) is 4.39 Å². The summed E-state index contributed by atoms with van der Waals surface area (Å²) in [7, 11) is 0. The largest absolute Gasteiger partial charge is 0.505 e. The van der Waals surface area contributed by atoms with Gasteiger partial charge in [0.15, 0.2) is 17.4 Å².